The van der Waals surface area contributed by atoms with Gasteiger partial charge >= 0.3 is 0 Å². The van der Waals surface area contributed by atoms with Crippen molar-refractivity contribution in [3.63, 3.8) is 0 Å². The lowest BCUT2D eigenvalue weighted by molar-refractivity contribution is 0.154. The Balaban J connectivity index is 1.68. The molecule has 0 aromatic carbocycles. The molecular formula is C15H20N4O. The topological polar surface area (TPSA) is 55.7 Å². The average Bonchev–Trinajstić information content (AvgIpc) is 3.07. The van der Waals surface area contributed by atoms with Crippen molar-refractivity contribution in [2.45, 2.75) is 38.2 Å². The molecule has 3 rings (SSSR count). The summed E-state index contributed by atoms with van der Waals surface area (Å²) in [5, 5.41) is 11.2. The molecule has 1 aliphatic carbocycles. The third kappa shape index (κ3) is 3.10. The normalized spacial score (nSPS) is 16.9. The zero-order chi connectivity index (χ0) is 13.8. The molecule has 1 N–H and O–H groups in total. The lowest BCUT2D eigenvalue weighted by Crippen LogP contribution is -2.19. The van der Waals surface area contributed by atoms with Gasteiger partial charge in [-0.05, 0) is 37.8 Å². The summed E-state index contributed by atoms with van der Waals surface area (Å²) >= 11 is 0. The molecular weight excluding hydrogens is 252 g/mol. The molecule has 0 radical (unpaired) electrons. The minimum atomic E-state index is 0.340. The van der Waals surface area contributed by atoms with Crippen molar-refractivity contribution in [2.24, 2.45) is 7.05 Å². The van der Waals surface area contributed by atoms with Crippen LogP contribution in [0.15, 0.2) is 18.6 Å². The second-order valence-corrected chi connectivity index (χ2v) is 5.31. The van der Waals surface area contributed by atoms with E-state index in [9.17, 15) is 0 Å². The van der Waals surface area contributed by atoms with Crippen LogP contribution in [0.1, 0.15) is 43.4 Å². The Labute approximate surface area is 118 Å². The second kappa shape index (κ2) is 5.94. The summed E-state index contributed by atoms with van der Waals surface area (Å²) in [5.41, 5.74) is 1.98. The van der Waals surface area contributed by atoms with Gasteiger partial charge in [-0.25, -0.2) is 0 Å². The Hall–Kier alpha value is -2.04. The van der Waals surface area contributed by atoms with Gasteiger partial charge in [0.05, 0.1) is 24.2 Å². The smallest absolute Gasteiger partial charge is 0.164 e. The van der Waals surface area contributed by atoms with Crippen molar-refractivity contribution >= 4 is 12.2 Å². The van der Waals surface area contributed by atoms with Gasteiger partial charge in [-0.1, -0.05) is 6.42 Å². The zero-order valence-corrected chi connectivity index (χ0v) is 11.7. The molecule has 0 bridgehead atoms. The van der Waals surface area contributed by atoms with Crippen LogP contribution in [0.5, 0.6) is 5.75 Å². The number of ether oxygens (including phenoxy) is 1. The predicted molar refractivity (Wildman–Crippen MR) is 78.2 cm³/mol. The molecule has 1 saturated carbocycles. The lowest BCUT2D eigenvalue weighted by Gasteiger charge is -2.22. The minimum absolute atomic E-state index is 0.340. The fraction of sp³-hybridized carbons (Fsp3) is 0.467. The number of nitrogens with zero attached hydrogens (tertiary/aromatic N) is 3. The van der Waals surface area contributed by atoms with Crippen LogP contribution in [0.3, 0.4) is 0 Å². The molecule has 1 fully saturated rings. The van der Waals surface area contributed by atoms with E-state index >= 15 is 0 Å². The molecule has 5 heteroatoms. The quantitative estimate of drug-likeness (QED) is 0.930. The summed E-state index contributed by atoms with van der Waals surface area (Å²) < 4.78 is 7.84. The van der Waals surface area contributed by atoms with E-state index < -0.39 is 0 Å². The summed E-state index contributed by atoms with van der Waals surface area (Å²) in [4.78, 5) is 0. The van der Waals surface area contributed by atoms with E-state index in [-0.39, 0.29) is 0 Å². The summed E-state index contributed by atoms with van der Waals surface area (Å²) in [7, 11) is 1.91. The Morgan fingerprint density at radius 3 is 2.85 bits per heavy atom. The molecule has 106 valence electrons. The predicted octanol–water partition coefficient (Wildman–Crippen LogP) is 3.03. The third-order valence-corrected chi connectivity index (χ3v) is 3.65. The molecule has 0 spiro atoms. The second-order valence-electron chi connectivity index (χ2n) is 5.31. The first-order valence-corrected chi connectivity index (χ1v) is 7.18. The van der Waals surface area contributed by atoms with Crippen molar-refractivity contribution in [2.75, 3.05) is 0 Å². The summed E-state index contributed by atoms with van der Waals surface area (Å²) in [6.45, 7) is 0. The maximum Gasteiger partial charge on any atom is 0.164 e. The monoisotopic (exact) mass is 272 g/mol. The highest BCUT2D eigenvalue weighted by atomic mass is 16.5. The number of H-pyrrole nitrogens is 1. The van der Waals surface area contributed by atoms with E-state index in [4.69, 9.17) is 4.74 Å². The van der Waals surface area contributed by atoms with Gasteiger partial charge in [0.25, 0.3) is 0 Å². The zero-order valence-electron chi connectivity index (χ0n) is 11.7. The van der Waals surface area contributed by atoms with Gasteiger partial charge in [-0.15, -0.1) is 0 Å². The van der Waals surface area contributed by atoms with Crippen molar-refractivity contribution in [3.8, 4) is 5.75 Å². The fourth-order valence-electron chi connectivity index (χ4n) is 2.57. The Bertz CT molecular complexity index is 578. The molecule has 2 aromatic heterocycles. The summed E-state index contributed by atoms with van der Waals surface area (Å²) in [5.74, 6) is 0.844. The molecule has 2 heterocycles. The molecule has 20 heavy (non-hydrogen) atoms. The van der Waals surface area contributed by atoms with Crippen LogP contribution in [0.2, 0.25) is 0 Å². The molecule has 0 amide bonds. The number of aryl methyl sites for hydroxylation is 1. The largest absolute Gasteiger partial charge is 0.486 e. The number of aromatic nitrogens is 4. The average molecular weight is 272 g/mol. The Morgan fingerprint density at radius 1 is 1.25 bits per heavy atom. The maximum atomic E-state index is 6.05. The van der Waals surface area contributed by atoms with Crippen LogP contribution in [0, 0.1) is 0 Å². The standard InChI is InChI=1S/C15H20N4O/c1-19-11-12(9-17-19)7-8-14-15(10-16-18-14)20-13-5-3-2-4-6-13/h7-11,13H,2-6H2,1H3,(H,16,18)/b8-7+. The van der Waals surface area contributed by atoms with Crippen LogP contribution in [0.4, 0.5) is 0 Å². The van der Waals surface area contributed by atoms with Gasteiger partial charge in [0.1, 0.15) is 0 Å². The first-order chi connectivity index (χ1) is 9.81. The van der Waals surface area contributed by atoms with E-state index in [1.807, 2.05) is 31.6 Å². The van der Waals surface area contributed by atoms with E-state index in [1.54, 1.807) is 10.9 Å². The Morgan fingerprint density at radius 2 is 2.10 bits per heavy atom. The highest BCUT2D eigenvalue weighted by Gasteiger charge is 2.16. The minimum Gasteiger partial charge on any atom is -0.486 e. The molecule has 0 unspecified atom stereocenters. The maximum absolute atomic E-state index is 6.05. The third-order valence-electron chi connectivity index (χ3n) is 3.65. The van der Waals surface area contributed by atoms with Gasteiger partial charge < -0.3 is 4.74 Å². The van der Waals surface area contributed by atoms with Crippen molar-refractivity contribution in [1.82, 2.24) is 20.0 Å². The molecule has 0 saturated heterocycles. The van der Waals surface area contributed by atoms with Crippen LogP contribution < -0.4 is 4.74 Å². The van der Waals surface area contributed by atoms with Crippen LogP contribution in [0.25, 0.3) is 12.2 Å². The molecule has 0 atom stereocenters. The first kappa shape index (κ1) is 13.0. The van der Waals surface area contributed by atoms with Crippen molar-refractivity contribution in [1.29, 1.82) is 0 Å². The van der Waals surface area contributed by atoms with Crippen molar-refractivity contribution < 1.29 is 4.74 Å². The fourth-order valence-corrected chi connectivity index (χ4v) is 2.57. The van der Waals surface area contributed by atoms with Crippen molar-refractivity contribution in [3.05, 3.63) is 29.8 Å². The number of rotatable bonds is 4. The molecule has 2 aromatic rings. The Kier molecular flexibility index (Phi) is 3.85. The van der Waals surface area contributed by atoms with Gasteiger partial charge in [0, 0.05) is 18.8 Å². The summed E-state index contributed by atoms with van der Waals surface area (Å²) in [6, 6.07) is 0. The molecule has 0 aliphatic heterocycles. The number of hydrogen-bond acceptors (Lipinski definition) is 3. The van der Waals surface area contributed by atoms with Gasteiger partial charge in [0.15, 0.2) is 5.75 Å². The highest BCUT2D eigenvalue weighted by Crippen LogP contribution is 2.25. The number of hydrogen-bond donors (Lipinski definition) is 1. The number of aromatic amines is 1. The first-order valence-electron chi connectivity index (χ1n) is 7.18. The SMILES string of the molecule is Cn1cc(/C=C/c2[nH]ncc2OC2CCCCC2)cn1. The van der Waals surface area contributed by atoms with Gasteiger partial charge in [-0.2, -0.15) is 10.2 Å². The molecule has 5 nitrogen and oxygen atoms in total. The van der Waals surface area contributed by atoms with Crippen LogP contribution in [-0.2, 0) is 7.05 Å². The van der Waals surface area contributed by atoms with Gasteiger partial charge in [0.2, 0.25) is 0 Å². The highest BCUT2D eigenvalue weighted by molar-refractivity contribution is 5.69. The summed E-state index contributed by atoms with van der Waals surface area (Å²) in [6.07, 6.45) is 16.1. The van der Waals surface area contributed by atoms with E-state index in [0.29, 0.717) is 6.10 Å². The number of nitrogens with one attached hydrogen (secondary N) is 1. The van der Waals surface area contributed by atoms with E-state index in [1.165, 1.54) is 19.3 Å². The van der Waals surface area contributed by atoms with Crippen LogP contribution >= 0.6 is 0 Å². The van der Waals surface area contributed by atoms with E-state index in [2.05, 4.69) is 15.3 Å². The lowest BCUT2D eigenvalue weighted by atomic mass is 9.98. The van der Waals surface area contributed by atoms with Crippen LogP contribution in [-0.4, -0.2) is 26.1 Å². The van der Waals surface area contributed by atoms with Gasteiger partial charge in [-0.3, -0.25) is 9.78 Å². The molecule has 1 aliphatic rings. The van der Waals surface area contributed by atoms with E-state index in [0.717, 1.165) is 29.8 Å².